The minimum Gasteiger partial charge on any atom is -0.696 e. The highest BCUT2D eigenvalue weighted by Crippen LogP contribution is 2.30. The molecule has 0 bridgehead atoms. The van der Waals surface area contributed by atoms with Gasteiger partial charge in [0.25, 0.3) is 0 Å². The SMILES string of the molecule is CCC[N+]([O-])=NN(c1ccnc(C(F)(F)F)c1)C(C)C. The zero-order valence-electron chi connectivity index (χ0n) is 11.6. The van der Waals surface area contributed by atoms with E-state index >= 15 is 0 Å². The van der Waals surface area contributed by atoms with Crippen molar-refractivity contribution in [3.05, 3.63) is 29.2 Å². The van der Waals surface area contributed by atoms with E-state index in [4.69, 9.17) is 0 Å². The third kappa shape index (κ3) is 4.36. The molecular weight excluding hydrogens is 273 g/mol. The van der Waals surface area contributed by atoms with Crippen molar-refractivity contribution in [1.29, 1.82) is 0 Å². The highest BCUT2D eigenvalue weighted by Gasteiger charge is 2.34. The van der Waals surface area contributed by atoms with Crippen molar-refractivity contribution in [3.63, 3.8) is 0 Å². The van der Waals surface area contributed by atoms with Crippen LogP contribution in [0.1, 0.15) is 32.9 Å². The van der Waals surface area contributed by atoms with Gasteiger partial charge >= 0.3 is 6.18 Å². The molecule has 0 aliphatic rings. The predicted octanol–water partition coefficient (Wildman–Crippen LogP) is 3.60. The Kier molecular flexibility index (Phi) is 5.29. The van der Waals surface area contributed by atoms with Gasteiger partial charge in [-0.3, -0.25) is 4.98 Å². The smallest absolute Gasteiger partial charge is 0.433 e. The third-order valence-corrected chi connectivity index (χ3v) is 2.40. The van der Waals surface area contributed by atoms with Crippen LogP contribution in [0.5, 0.6) is 0 Å². The van der Waals surface area contributed by atoms with Gasteiger partial charge in [0.15, 0.2) is 5.69 Å². The molecule has 0 saturated heterocycles. The molecule has 1 rings (SSSR count). The van der Waals surface area contributed by atoms with Crippen LogP contribution in [-0.4, -0.2) is 22.4 Å². The monoisotopic (exact) mass is 290 g/mol. The molecule has 1 aromatic rings. The fraction of sp³-hybridized carbons (Fsp3) is 0.583. The van der Waals surface area contributed by atoms with Crippen LogP contribution >= 0.6 is 0 Å². The highest BCUT2D eigenvalue weighted by molar-refractivity contribution is 5.46. The van der Waals surface area contributed by atoms with Gasteiger partial charge in [-0.25, -0.2) is 0 Å². The first-order valence-electron chi connectivity index (χ1n) is 6.24. The number of hydrogen-bond acceptors (Lipinski definition) is 3. The lowest BCUT2D eigenvalue weighted by Crippen LogP contribution is -2.27. The summed E-state index contributed by atoms with van der Waals surface area (Å²) in [4.78, 5) is 3.75. The molecule has 0 atom stereocenters. The Hall–Kier alpha value is -1.86. The Bertz CT molecular complexity index is 474. The van der Waals surface area contributed by atoms with Crippen LogP contribution in [0.2, 0.25) is 0 Å². The van der Waals surface area contributed by atoms with E-state index in [0.29, 0.717) is 11.3 Å². The lowest BCUT2D eigenvalue weighted by molar-refractivity contribution is -0.531. The van der Waals surface area contributed by atoms with Crippen LogP contribution < -0.4 is 5.01 Å². The van der Waals surface area contributed by atoms with Gasteiger partial charge in [0, 0.05) is 18.3 Å². The van der Waals surface area contributed by atoms with Crippen molar-refractivity contribution in [2.24, 2.45) is 5.22 Å². The number of nitrogens with zero attached hydrogens (tertiary/aromatic N) is 4. The Labute approximate surface area is 115 Å². The van der Waals surface area contributed by atoms with Gasteiger partial charge in [0.05, 0.1) is 5.22 Å². The number of alkyl halides is 3. The Morgan fingerprint density at radius 2 is 2.10 bits per heavy atom. The molecule has 1 aromatic heterocycles. The summed E-state index contributed by atoms with van der Waals surface area (Å²) in [6.07, 6.45) is -2.87. The van der Waals surface area contributed by atoms with Crippen molar-refractivity contribution in [3.8, 4) is 0 Å². The van der Waals surface area contributed by atoms with Gasteiger partial charge < -0.3 is 5.21 Å². The maximum Gasteiger partial charge on any atom is 0.433 e. The summed E-state index contributed by atoms with van der Waals surface area (Å²) in [6, 6.07) is 2.01. The van der Waals surface area contributed by atoms with Gasteiger partial charge in [-0.2, -0.15) is 18.0 Å². The molecule has 0 aliphatic heterocycles. The van der Waals surface area contributed by atoms with E-state index in [1.165, 1.54) is 11.1 Å². The van der Waals surface area contributed by atoms with E-state index in [2.05, 4.69) is 10.2 Å². The topological polar surface area (TPSA) is 54.6 Å². The van der Waals surface area contributed by atoms with Crippen LogP contribution in [0.3, 0.4) is 0 Å². The number of hydrogen-bond donors (Lipinski definition) is 0. The maximum absolute atomic E-state index is 12.6. The summed E-state index contributed by atoms with van der Waals surface area (Å²) < 4.78 is 37.9. The van der Waals surface area contributed by atoms with E-state index in [1.54, 1.807) is 13.8 Å². The summed E-state index contributed by atoms with van der Waals surface area (Å²) in [5.74, 6) is 0. The van der Waals surface area contributed by atoms with E-state index in [1.807, 2.05) is 6.92 Å². The van der Waals surface area contributed by atoms with Crippen LogP contribution in [0.15, 0.2) is 23.6 Å². The molecule has 0 saturated carbocycles. The summed E-state index contributed by atoms with van der Waals surface area (Å²) in [5.41, 5.74) is -0.830. The maximum atomic E-state index is 12.6. The molecule has 5 nitrogen and oxygen atoms in total. The number of anilines is 1. The zero-order valence-corrected chi connectivity index (χ0v) is 11.6. The van der Waals surface area contributed by atoms with Crippen molar-refractivity contribution < 1.29 is 18.0 Å². The fourth-order valence-electron chi connectivity index (χ4n) is 1.51. The summed E-state index contributed by atoms with van der Waals surface area (Å²) in [7, 11) is 0. The van der Waals surface area contributed by atoms with E-state index < -0.39 is 11.9 Å². The summed E-state index contributed by atoms with van der Waals surface area (Å²) in [5, 5.41) is 16.5. The molecule has 8 heteroatoms. The molecule has 112 valence electrons. The van der Waals surface area contributed by atoms with Crippen molar-refractivity contribution in [1.82, 2.24) is 4.98 Å². The van der Waals surface area contributed by atoms with E-state index in [9.17, 15) is 18.4 Å². The molecule has 0 N–H and O–H groups in total. The van der Waals surface area contributed by atoms with Crippen LogP contribution in [-0.2, 0) is 6.18 Å². The van der Waals surface area contributed by atoms with Crippen LogP contribution in [0.25, 0.3) is 0 Å². The summed E-state index contributed by atoms with van der Waals surface area (Å²) >= 11 is 0. The molecule has 20 heavy (non-hydrogen) atoms. The number of halogens is 3. The normalized spacial score (nSPS) is 12.8. The first kappa shape index (κ1) is 16.2. The lowest BCUT2D eigenvalue weighted by Gasteiger charge is -2.17. The number of aromatic nitrogens is 1. The molecule has 0 aliphatic carbocycles. The van der Waals surface area contributed by atoms with Gasteiger partial charge in [-0.15, -0.1) is 5.01 Å². The minimum absolute atomic E-state index is 0.180. The third-order valence-electron chi connectivity index (χ3n) is 2.40. The summed E-state index contributed by atoms with van der Waals surface area (Å²) in [6.45, 7) is 5.46. The van der Waals surface area contributed by atoms with E-state index in [0.717, 1.165) is 12.3 Å². The van der Waals surface area contributed by atoms with Crippen molar-refractivity contribution in [2.45, 2.75) is 39.4 Å². The standard InChI is InChI=1S/C12H17F3N4O/c1-4-7-18(20)17-19(9(2)3)10-5-6-16-11(8-10)12(13,14)15/h5-6,8-9H,4,7H2,1-3H3. The number of rotatable bonds is 5. The number of hydroxylamine groups is 1. The second kappa shape index (κ2) is 6.53. The van der Waals surface area contributed by atoms with Crippen LogP contribution in [0, 0.1) is 5.21 Å². The second-order valence-corrected chi connectivity index (χ2v) is 4.50. The van der Waals surface area contributed by atoms with Gasteiger partial charge in [0.2, 0.25) is 0 Å². The van der Waals surface area contributed by atoms with Gasteiger partial charge in [0.1, 0.15) is 18.3 Å². The Morgan fingerprint density at radius 3 is 2.60 bits per heavy atom. The minimum atomic E-state index is -4.53. The predicted molar refractivity (Wildman–Crippen MR) is 68.1 cm³/mol. The fourth-order valence-corrected chi connectivity index (χ4v) is 1.51. The number of pyridine rings is 1. The Balaban J connectivity index is 3.13. The first-order valence-corrected chi connectivity index (χ1v) is 6.24. The quantitative estimate of drug-likeness (QED) is 0.473. The molecule has 1 heterocycles. The average molecular weight is 290 g/mol. The Morgan fingerprint density at radius 1 is 1.45 bits per heavy atom. The molecule has 0 aromatic carbocycles. The lowest BCUT2D eigenvalue weighted by atomic mass is 10.2. The second-order valence-electron chi connectivity index (χ2n) is 4.50. The largest absolute Gasteiger partial charge is 0.696 e. The van der Waals surface area contributed by atoms with Gasteiger partial charge in [-0.1, -0.05) is 6.92 Å². The van der Waals surface area contributed by atoms with Gasteiger partial charge in [-0.05, 0) is 20.3 Å². The molecule has 0 spiro atoms. The average Bonchev–Trinajstić information content (AvgIpc) is 2.35. The van der Waals surface area contributed by atoms with Crippen LogP contribution in [0.4, 0.5) is 18.9 Å². The molecule has 0 unspecified atom stereocenters. The zero-order chi connectivity index (χ0) is 15.3. The molecule has 0 fully saturated rings. The molecular formula is C12H17F3N4O. The highest BCUT2D eigenvalue weighted by atomic mass is 19.4. The van der Waals surface area contributed by atoms with Crippen molar-refractivity contribution >= 4 is 5.69 Å². The molecule has 0 radical (unpaired) electrons. The van der Waals surface area contributed by atoms with Crippen molar-refractivity contribution in [2.75, 3.05) is 11.6 Å². The molecule has 0 amide bonds. The van der Waals surface area contributed by atoms with E-state index in [-0.39, 0.29) is 18.3 Å². The first-order chi connectivity index (χ1) is 9.25.